The molecule has 37 heavy (non-hydrogen) atoms. The van der Waals surface area contributed by atoms with Gasteiger partial charge in [-0.05, 0) is 54.7 Å². The van der Waals surface area contributed by atoms with Crippen molar-refractivity contribution in [2.24, 2.45) is 5.41 Å². The lowest BCUT2D eigenvalue weighted by atomic mass is 9.91. The lowest BCUT2D eigenvalue weighted by Gasteiger charge is -2.32. The van der Waals surface area contributed by atoms with Crippen molar-refractivity contribution in [3.8, 4) is 5.75 Å². The Morgan fingerprint density at radius 2 is 1.59 bits per heavy atom. The Labute approximate surface area is 221 Å². The van der Waals surface area contributed by atoms with Gasteiger partial charge in [-0.1, -0.05) is 63.2 Å². The molecule has 0 radical (unpaired) electrons. The lowest BCUT2D eigenvalue weighted by molar-refractivity contribution is -0.143. The SMILES string of the molecule is COc1cccc(Cn2cccc2CN(Cc2ccccc2)C(=O)CN(C(=O)CC(C)(C)C)C(C)C)c1. The fourth-order valence-corrected chi connectivity index (χ4v) is 4.31. The molecule has 2 aromatic carbocycles. The first-order valence-electron chi connectivity index (χ1n) is 12.9. The largest absolute Gasteiger partial charge is 0.497 e. The summed E-state index contributed by atoms with van der Waals surface area (Å²) in [5.74, 6) is 0.770. The first-order valence-corrected chi connectivity index (χ1v) is 12.9. The van der Waals surface area contributed by atoms with Crippen molar-refractivity contribution >= 4 is 11.8 Å². The van der Waals surface area contributed by atoms with Crippen LogP contribution in [0.4, 0.5) is 0 Å². The predicted octanol–water partition coefficient (Wildman–Crippen LogP) is 5.75. The van der Waals surface area contributed by atoms with Crippen LogP contribution in [0.2, 0.25) is 0 Å². The van der Waals surface area contributed by atoms with Crippen LogP contribution in [0.3, 0.4) is 0 Å². The minimum Gasteiger partial charge on any atom is -0.497 e. The van der Waals surface area contributed by atoms with Crippen molar-refractivity contribution in [1.82, 2.24) is 14.4 Å². The highest BCUT2D eigenvalue weighted by atomic mass is 16.5. The molecule has 0 aliphatic rings. The topological polar surface area (TPSA) is 54.8 Å². The molecule has 0 unspecified atom stereocenters. The summed E-state index contributed by atoms with van der Waals surface area (Å²) < 4.78 is 7.54. The second-order valence-corrected chi connectivity index (χ2v) is 11.1. The van der Waals surface area contributed by atoms with E-state index in [4.69, 9.17) is 4.74 Å². The van der Waals surface area contributed by atoms with Crippen molar-refractivity contribution < 1.29 is 14.3 Å². The normalized spacial score (nSPS) is 11.4. The van der Waals surface area contributed by atoms with E-state index >= 15 is 0 Å². The number of hydrogen-bond donors (Lipinski definition) is 0. The Morgan fingerprint density at radius 3 is 2.24 bits per heavy atom. The number of ether oxygens (including phenoxy) is 1. The van der Waals surface area contributed by atoms with Crippen LogP contribution in [-0.2, 0) is 29.2 Å². The Morgan fingerprint density at radius 1 is 0.892 bits per heavy atom. The summed E-state index contributed by atoms with van der Waals surface area (Å²) in [6, 6.07) is 22.0. The van der Waals surface area contributed by atoms with E-state index in [0.29, 0.717) is 26.1 Å². The Balaban J connectivity index is 1.83. The zero-order chi connectivity index (χ0) is 27.0. The van der Waals surface area contributed by atoms with E-state index in [1.54, 1.807) is 12.0 Å². The fraction of sp³-hybridized carbons (Fsp3) is 0.419. The zero-order valence-corrected chi connectivity index (χ0v) is 23.1. The number of nitrogens with zero attached hydrogens (tertiary/aromatic N) is 3. The molecule has 0 saturated heterocycles. The van der Waals surface area contributed by atoms with Crippen LogP contribution in [0.1, 0.15) is 57.9 Å². The molecule has 1 heterocycles. The molecule has 0 saturated carbocycles. The smallest absolute Gasteiger partial charge is 0.242 e. The highest BCUT2D eigenvalue weighted by Gasteiger charge is 2.27. The van der Waals surface area contributed by atoms with Crippen LogP contribution < -0.4 is 4.74 Å². The molecule has 0 atom stereocenters. The predicted molar refractivity (Wildman–Crippen MR) is 148 cm³/mol. The second kappa shape index (κ2) is 12.6. The molecule has 3 aromatic rings. The van der Waals surface area contributed by atoms with Gasteiger partial charge in [0.05, 0.1) is 20.2 Å². The van der Waals surface area contributed by atoms with Gasteiger partial charge >= 0.3 is 0 Å². The Kier molecular flexibility index (Phi) is 9.56. The number of methoxy groups -OCH3 is 1. The van der Waals surface area contributed by atoms with Crippen molar-refractivity contribution in [1.29, 1.82) is 0 Å². The molecule has 1 aromatic heterocycles. The van der Waals surface area contributed by atoms with E-state index in [0.717, 1.165) is 22.6 Å². The summed E-state index contributed by atoms with van der Waals surface area (Å²) in [7, 11) is 1.67. The molecule has 3 rings (SSSR count). The quantitative estimate of drug-likeness (QED) is 0.335. The summed E-state index contributed by atoms with van der Waals surface area (Å²) in [4.78, 5) is 30.4. The average molecular weight is 504 g/mol. The fourth-order valence-electron chi connectivity index (χ4n) is 4.31. The van der Waals surface area contributed by atoms with Crippen LogP contribution in [0, 0.1) is 5.41 Å². The molecular formula is C31H41N3O3. The summed E-state index contributed by atoms with van der Waals surface area (Å²) in [6.45, 7) is 11.7. The molecule has 0 aliphatic heterocycles. The summed E-state index contributed by atoms with van der Waals surface area (Å²) in [5.41, 5.74) is 3.07. The van der Waals surface area contributed by atoms with Gasteiger partial charge in [-0.25, -0.2) is 0 Å². The first kappa shape index (κ1) is 28.0. The number of amides is 2. The van der Waals surface area contributed by atoms with E-state index in [2.05, 4.69) is 16.7 Å². The van der Waals surface area contributed by atoms with Crippen molar-refractivity contribution in [3.63, 3.8) is 0 Å². The molecule has 0 aliphatic carbocycles. The van der Waals surface area contributed by atoms with Gasteiger partial charge in [-0.15, -0.1) is 0 Å². The molecule has 0 fully saturated rings. The number of carbonyl (C=O) groups is 2. The van der Waals surface area contributed by atoms with Crippen LogP contribution in [0.25, 0.3) is 0 Å². The third-order valence-electron chi connectivity index (χ3n) is 6.26. The third kappa shape index (κ3) is 8.52. The third-order valence-corrected chi connectivity index (χ3v) is 6.26. The minimum atomic E-state index is -0.141. The Bertz CT molecular complexity index is 1160. The molecule has 6 nitrogen and oxygen atoms in total. The lowest BCUT2D eigenvalue weighted by Crippen LogP contribution is -2.46. The highest BCUT2D eigenvalue weighted by Crippen LogP contribution is 2.21. The summed E-state index contributed by atoms with van der Waals surface area (Å²) in [5, 5.41) is 0. The first-order chi connectivity index (χ1) is 17.6. The molecule has 2 amide bonds. The summed E-state index contributed by atoms with van der Waals surface area (Å²) in [6.07, 6.45) is 2.44. The number of rotatable bonds is 11. The van der Waals surface area contributed by atoms with Gasteiger partial charge in [0, 0.05) is 37.4 Å². The molecule has 6 heteroatoms. The maximum atomic E-state index is 13.7. The number of aromatic nitrogens is 1. The molecular weight excluding hydrogens is 462 g/mol. The summed E-state index contributed by atoms with van der Waals surface area (Å²) >= 11 is 0. The monoisotopic (exact) mass is 503 g/mol. The number of carbonyl (C=O) groups excluding carboxylic acids is 2. The number of benzene rings is 2. The second-order valence-electron chi connectivity index (χ2n) is 11.1. The van der Waals surface area contributed by atoms with Crippen LogP contribution in [0.5, 0.6) is 5.75 Å². The van der Waals surface area contributed by atoms with E-state index < -0.39 is 0 Å². The van der Waals surface area contributed by atoms with Gasteiger partial charge < -0.3 is 19.1 Å². The van der Waals surface area contributed by atoms with Crippen molar-refractivity contribution in [3.05, 3.63) is 89.7 Å². The van der Waals surface area contributed by atoms with E-state index in [1.807, 2.05) is 100 Å². The maximum Gasteiger partial charge on any atom is 0.242 e. The zero-order valence-electron chi connectivity index (χ0n) is 23.1. The van der Waals surface area contributed by atoms with Gasteiger partial charge in [-0.3, -0.25) is 9.59 Å². The van der Waals surface area contributed by atoms with Crippen molar-refractivity contribution in [2.45, 2.75) is 66.7 Å². The average Bonchev–Trinajstić information content (AvgIpc) is 3.27. The van der Waals surface area contributed by atoms with Crippen LogP contribution in [-0.4, -0.2) is 45.9 Å². The van der Waals surface area contributed by atoms with E-state index in [-0.39, 0.29) is 29.8 Å². The van der Waals surface area contributed by atoms with E-state index in [1.165, 1.54) is 0 Å². The van der Waals surface area contributed by atoms with Gasteiger partial charge in [0.2, 0.25) is 11.8 Å². The van der Waals surface area contributed by atoms with Gasteiger partial charge in [0.25, 0.3) is 0 Å². The van der Waals surface area contributed by atoms with Gasteiger partial charge in [-0.2, -0.15) is 0 Å². The van der Waals surface area contributed by atoms with Gasteiger partial charge in [0.15, 0.2) is 0 Å². The number of hydrogen-bond acceptors (Lipinski definition) is 3. The molecule has 0 spiro atoms. The maximum absolute atomic E-state index is 13.7. The molecule has 198 valence electrons. The minimum absolute atomic E-state index is 0.0110. The standard InChI is InChI=1S/C31H41N3O3/c1-24(2)34(29(35)19-31(3,4)5)23-30(36)33(20-25-12-8-7-9-13-25)22-27-15-11-17-32(27)21-26-14-10-16-28(18-26)37-6/h7-18,24H,19-23H2,1-6H3. The van der Waals surface area contributed by atoms with Gasteiger partial charge in [0.1, 0.15) is 5.75 Å². The van der Waals surface area contributed by atoms with Crippen LogP contribution >= 0.6 is 0 Å². The Hall–Kier alpha value is -3.54. The van der Waals surface area contributed by atoms with Crippen molar-refractivity contribution in [2.75, 3.05) is 13.7 Å². The highest BCUT2D eigenvalue weighted by molar-refractivity contribution is 5.85. The molecule has 0 bridgehead atoms. The van der Waals surface area contributed by atoms with Crippen LogP contribution in [0.15, 0.2) is 72.9 Å². The molecule has 0 N–H and O–H groups in total. The van der Waals surface area contributed by atoms with E-state index in [9.17, 15) is 9.59 Å².